The number of aromatic nitrogens is 1. The summed E-state index contributed by atoms with van der Waals surface area (Å²) in [5.74, 6) is 0.0579. The summed E-state index contributed by atoms with van der Waals surface area (Å²) in [6, 6.07) is 9.03. The molecular weight excluding hydrogens is 259 g/mol. The molecular formula is C13H10F3NO2. The summed E-state index contributed by atoms with van der Waals surface area (Å²) in [7, 11) is 1.45. The first-order chi connectivity index (χ1) is 8.99. The number of rotatable bonds is 3. The highest BCUT2D eigenvalue weighted by atomic mass is 19.4. The normalized spacial score (nSPS) is 11.2. The van der Waals surface area contributed by atoms with Crippen molar-refractivity contribution in [3.8, 4) is 22.8 Å². The molecule has 0 spiro atoms. The quantitative estimate of drug-likeness (QED) is 0.852. The zero-order valence-electron chi connectivity index (χ0n) is 9.94. The Morgan fingerprint density at radius 1 is 1.11 bits per heavy atom. The Bertz CT molecular complexity index is 570. The van der Waals surface area contributed by atoms with Crippen LogP contribution in [0.25, 0.3) is 11.1 Å². The molecule has 0 atom stereocenters. The molecule has 0 saturated heterocycles. The smallest absolute Gasteiger partial charge is 0.481 e. The Labute approximate surface area is 107 Å². The van der Waals surface area contributed by atoms with Crippen LogP contribution in [-0.2, 0) is 0 Å². The predicted octanol–water partition coefficient (Wildman–Crippen LogP) is 3.66. The third-order valence-electron chi connectivity index (χ3n) is 2.34. The van der Waals surface area contributed by atoms with Crippen LogP contribution < -0.4 is 9.47 Å². The number of nitrogens with zero attached hydrogens (tertiary/aromatic N) is 1. The second kappa shape index (κ2) is 5.17. The second-order valence-electron chi connectivity index (χ2n) is 3.64. The molecule has 0 aliphatic heterocycles. The number of methoxy groups -OCH3 is 1. The maximum Gasteiger partial charge on any atom is 0.573 e. The molecule has 0 N–H and O–H groups in total. The van der Waals surface area contributed by atoms with Gasteiger partial charge in [-0.25, -0.2) is 4.98 Å². The Hall–Kier alpha value is -2.24. The van der Waals surface area contributed by atoms with Gasteiger partial charge >= 0.3 is 6.36 Å². The second-order valence-corrected chi connectivity index (χ2v) is 3.64. The third-order valence-corrected chi connectivity index (χ3v) is 2.34. The highest BCUT2D eigenvalue weighted by Gasteiger charge is 2.31. The number of alkyl halides is 3. The zero-order chi connectivity index (χ0) is 13.9. The number of ether oxygens (including phenoxy) is 2. The lowest BCUT2D eigenvalue weighted by molar-refractivity contribution is -0.274. The van der Waals surface area contributed by atoms with Gasteiger partial charge in [0, 0.05) is 11.8 Å². The van der Waals surface area contributed by atoms with E-state index in [0.29, 0.717) is 17.0 Å². The van der Waals surface area contributed by atoms with E-state index in [9.17, 15) is 13.2 Å². The van der Waals surface area contributed by atoms with E-state index in [-0.39, 0.29) is 5.75 Å². The molecule has 0 radical (unpaired) electrons. The molecule has 1 aromatic carbocycles. The van der Waals surface area contributed by atoms with Crippen molar-refractivity contribution in [3.05, 3.63) is 42.6 Å². The fourth-order valence-corrected chi connectivity index (χ4v) is 1.63. The van der Waals surface area contributed by atoms with Crippen molar-refractivity contribution in [1.29, 1.82) is 0 Å². The van der Waals surface area contributed by atoms with Crippen LogP contribution in [0.2, 0.25) is 0 Å². The fourth-order valence-electron chi connectivity index (χ4n) is 1.63. The van der Waals surface area contributed by atoms with E-state index in [1.54, 1.807) is 24.4 Å². The van der Waals surface area contributed by atoms with E-state index < -0.39 is 6.36 Å². The van der Waals surface area contributed by atoms with E-state index in [4.69, 9.17) is 4.74 Å². The standard InChI is InChI=1S/C13H10F3NO2/c1-18-12-11(6-3-7-17-12)9-4-2-5-10(8-9)19-13(14,15)16/h2-8H,1H3. The highest BCUT2D eigenvalue weighted by Crippen LogP contribution is 2.31. The minimum atomic E-state index is -4.71. The minimum Gasteiger partial charge on any atom is -0.481 e. The summed E-state index contributed by atoms with van der Waals surface area (Å²) in [5.41, 5.74) is 1.13. The Balaban J connectivity index is 2.38. The van der Waals surface area contributed by atoms with Gasteiger partial charge in [0.2, 0.25) is 5.88 Å². The summed E-state index contributed by atoms with van der Waals surface area (Å²) in [4.78, 5) is 3.99. The molecule has 0 aliphatic rings. The molecule has 2 aromatic rings. The van der Waals surface area contributed by atoms with Crippen LogP contribution >= 0.6 is 0 Å². The van der Waals surface area contributed by atoms with Gasteiger partial charge in [-0.3, -0.25) is 0 Å². The molecule has 100 valence electrons. The average molecular weight is 269 g/mol. The van der Waals surface area contributed by atoms with Crippen molar-refractivity contribution < 1.29 is 22.6 Å². The van der Waals surface area contributed by atoms with Crippen LogP contribution in [0, 0.1) is 0 Å². The molecule has 3 nitrogen and oxygen atoms in total. The van der Waals surface area contributed by atoms with Crippen molar-refractivity contribution in [3.63, 3.8) is 0 Å². The van der Waals surface area contributed by atoms with Gasteiger partial charge in [-0.15, -0.1) is 13.2 Å². The number of benzene rings is 1. The van der Waals surface area contributed by atoms with Crippen LogP contribution in [0.1, 0.15) is 0 Å². The monoisotopic (exact) mass is 269 g/mol. The Morgan fingerprint density at radius 2 is 1.89 bits per heavy atom. The number of hydrogen-bond donors (Lipinski definition) is 0. The van der Waals surface area contributed by atoms with Crippen LogP contribution in [0.4, 0.5) is 13.2 Å². The van der Waals surface area contributed by atoms with Gasteiger partial charge < -0.3 is 9.47 Å². The van der Waals surface area contributed by atoms with Gasteiger partial charge in [-0.05, 0) is 29.8 Å². The van der Waals surface area contributed by atoms with Crippen LogP contribution in [-0.4, -0.2) is 18.5 Å². The molecule has 19 heavy (non-hydrogen) atoms. The van der Waals surface area contributed by atoms with Crippen molar-refractivity contribution in [2.75, 3.05) is 7.11 Å². The van der Waals surface area contributed by atoms with E-state index in [1.165, 1.54) is 25.3 Å². The zero-order valence-corrected chi connectivity index (χ0v) is 9.94. The van der Waals surface area contributed by atoms with Crippen molar-refractivity contribution in [1.82, 2.24) is 4.98 Å². The molecule has 1 heterocycles. The van der Waals surface area contributed by atoms with Gasteiger partial charge in [0.25, 0.3) is 0 Å². The molecule has 0 bridgehead atoms. The van der Waals surface area contributed by atoms with E-state index in [0.717, 1.165) is 0 Å². The SMILES string of the molecule is COc1ncccc1-c1cccc(OC(F)(F)F)c1. The first kappa shape index (κ1) is 13.2. The van der Waals surface area contributed by atoms with Crippen LogP contribution in [0.15, 0.2) is 42.6 Å². The number of pyridine rings is 1. The number of halogens is 3. The minimum absolute atomic E-state index is 0.282. The van der Waals surface area contributed by atoms with Crippen molar-refractivity contribution in [2.45, 2.75) is 6.36 Å². The van der Waals surface area contributed by atoms with Crippen LogP contribution in [0.3, 0.4) is 0 Å². The van der Waals surface area contributed by atoms with Gasteiger partial charge in [0.05, 0.1) is 7.11 Å². The predicted molar refractivity (Wildman–Crippen MR) is 62.9 cm³/mol. The van der Waals surface area contributed by atoms with Gasteiger partial charge in [0.15, 0.2) is 0 Å². The molecule has 0 fully saturated rings. The summed E-state index contributed by atoms with van der Waals surface area (Å²) in [5, 5.41) is 0. The van der Waals surface area contributed by atoms with E-state index >= 15 is 0 Å². The van der Waals surface area contributed by atoms with Gasteiger partial charge in [-0.2, -0.15) is 0 Å². The largest absolute Gasteiger partial charge is 0.573 e. The average Bonchev–Trinajstić information content (AvgIpc) is 2.37. The summed E-state index contributed by atoms with van der Waals surface area (Å²) < 4.78 is 45.4. The van der Waals surface area contributed by atoms with Gasteiger partial charge in [0.1, 0.15) is 5.75 Å². The molecule has 0 amide bonds. The first-order valence-corrected chi connectivity index (χ1v) is 5.35. The lowest BCUT2D eigenvalue weighted by Gasteiger charge is -2.11. The molecule has 6 heteroatoms. The molecule has 0 saturated carbocycles. The third kappa shape index (κ3) is 3.37. The highest BCUT2D eigenvalue weighted by molar-refractivity contribution is 5.69. The summed E-state index contributed by atoms with van der Waals surface area (Å²) in [6.45, 7) is 0. The summed E-state index contributed by atoms with van der Waals surface area (Å²) >= 11 is 0. The van der Waals surface area contributed by atoms with Crippen LogP contribution in [0.5, 0.6) is 11.6 Å². The summed E-state index contributed by atoms with van der Waals surface area (Å²) in [6.07, 6.45) is -3.17. The molecule has 2 rings (SSSR count). The molecule has 0 aliphatic carbocycles. The fraction of sp³-hybridized carbons (Fsp3) is 0.154. The van der Waals surface area contributed by atoms with E-state index in [2.05, 4.69) is 9.72 Å². The van der Waals surface area contributed by atoms with E-state index in [1.807, 2.05) is 0 Å². The lowest BCUT2D eigenvalue weighted by atomic mass is 10.1. The van der Waals surface area contributed by atoms with Gasteiger partial charge in [-0.1, -0.05) is 12.1 Å². The first-order valence-electron chi connectivity index (χ1n) is 5.35. The van der Waals surface area contributed by atoms with Crippen molar-refractivity contribution >= 4 is 0 Å². The molecule has 1 aromatic heterocycles. The lowest BCUT2D eigenvalue weighted by Crippen LogP contribution is -2.17. The number of hydrogen-bond acceptors (Lipinski definition) is 3. The topological polar surface area (TPSA) is 31.4 Å². The molecule has 0 unspecified atom stereocenters. The van der Waals surface area contributed by atoms with Crippen molar-refractivity contribution in [2.24, 2.45) is 0 Å². The maximum atomic E-state index is 12.2. The Kier molecular flexibility index (Phi) is 3.59. The Morgan fingerprint density at radius 3 is 2.58 bits per heavy atom. The maximum absolute atomic E-state index is 12.2.